The molecule has 0 radical (unpaired) electrons. The smallest absolute Gasteiger partial charge is 0.0587 e. The van der Waals surface area contributed by atoms with Gasteiger partial charge in [-0.1, -0.05) is 0 Å². The van der Waals surface area contributed by atoms with E-state index in [0.717, 1.165) is 42.9 Å². The molecule has 0 saturated carbocycles. The van der Waals surface area contributed by atoms with E-state index in [4.69, 9.17) is 11.5 Å². The molecule has 4 heteroatoms. The summed E-state index contributed by atoms with van der Waals surface area (Å²) < 4.78 is 0. The van der Waals surface area contributed by atoms with Gasteiger partial charge in [-0.05, 0) is 43.1 Å². The maximum absolute atomic E-state index is 9.24. The summed E-state index contributed by atoms with van der Waals surface area (Å²) in [6, 6.07) is 5.85. The SMILES string of the molecule is Nc1ccc(N)c(CN2CCCC2CO)c1. The molecule has 1 aliphatic heterocycles. The van der Waals surface area contributed by atoms with Crippen LogP contribution in [0.1, 0.15) is 18.4 Å². The van der Waals surface area contributed by atoms with Crippen LogP contribution in [0.25, 0.3) is 0 Å². The molecule has 1 fully saturated rings. The Hall–Kier alpha value is -1.26. The molecule has 16 heavy (non-hydrogen) atoms. The van der Waals surface area contributed by atoms with Gasteiger partial charge in [0.15, 0.2) is 0 Å². The zero-order valence-corrected chi connectivity index (χ0v) is 9.39. The van der Waals surface area contributed by atoms with Crippen LogP contribution in [-0.2, 0) is 6.54 Å². The predicted molar refractivity (Wildman–Crippen MR) is 65.8 cm³/mol. The number of likely N-dealkylation sites (tertiary alicyclic amines) is 1. The molecule has 1 aliphatic rings. The van der Waals surface area contributed by atoms with E-state index in [9.17, 15) is 5.11 Å². The van der Waals surface area contributed by atoms with Crippen molar-refractivity contribution in [3.05, 3.63) is 23.8 Å². The first-order chi connectivity index (χ1) is 7.70. The average Bonchev–Trinajstić information content (AvgIpc) is 2.71. The van der Waals surface area contributed by atoms with Crippen LogP contribution in [0, 0.1) is 0 Å². The summed E-state index contributed by atoms with van der Waals surface area (Å²) in [5, 5.41) is 9.24. The van der Waals surface area contributed by atoms with Gasteiger partial charge in [-0.25, -0.2) is 0 Å². The molecule has 4 nitrogen and oxygen atoms in total. The summed E-state index contributed by atoms with van der Waals surface area (Å²) in [6.45, 7) is 2.03. The van der Waals surface area contributed by atoms with Crippen molar-refractivity contribution in [2.45, 2.75) is 25.4 Å². The molecular weight excluding hydrogens is 202 g/mol. The number of nitrogen functional groups attached to an aromatic ring is 2. The highest BCUT2D eigenvalue weighted by molar-refractivity contribution is 5.55. The van der Waals surface area contributed by atoms with Gasteiger partial charge in [0.2, 0.25) is 0 Å². The van der Waals surface area contributed by atoms with Gasteiger partial charge in [0, 0.05) is 24.0 Å². The van der Waals surface area contributed by atoms with Gasteiger partial charge < -0.3 is 16.6 Å². The number of benzene rings is 1. The monoisotopic (exact) mass is 221 g/mol. The van der Waals surface area contributed by atoms with Crippen LogP contribution in [0.15, 0.2) is 18.2 Å². The highest BCUT2D eigenvalue weighted by Gasteiger charge is 2.23. The number of hydrogen-bond donors (Lipinski definition) is 3. The topological polar surface area (TPSA) is 75.5 Å². The zero-order valence-electron chi connectivity index (χ0n) is 9.39. The van der Waals surface area contributed by atoms with Gasteiger partial charge in [0.25, 0.3) is 0 Å². The number of hydrogen-bond acceptors (Lipinski definition) is 4. The number of aliphatic hydroxyl groups excluding tert-OH is 1. The number of rotatable bonds is 3. The Morgan fingerprint density at radius 2 is 2.19 bits per heavy atom. The molecule has 1 aromatic rings. The second-order valence-electron chi connectivity index (χ2n) is 4.41. The fourth-order valence-electron chi connectivity index (χ4n) is 2.29. The molecule has 0 aliphatic carbocycles. The number of nitrogens with zero attached hydrogens (tertiary/aromatic N) is 1. The standard InChI is InChI=1S/C12H19N3O/c13-10-3-4-12(14)9(6-10)7-15-5-1-2-11(15)8-16/h3-4,6,11,16H,1-2,5,7-8,13-14H2. The Labute approximate surface area is 95.8 Å². The molecule has 0 aromatic heterocycles. The van der Waals surface area contributed by atoms with E-state index in [1.54, 1.807) is 0 Å². The third-order valence-corrected chi connectivity index (χ3v) is 3.25. The van der Waals surface area contributed by atoms with E-state index in [-0.39, 0.29) is 12.6 Å². The van der Waals surface area contributed by atoms with E-state index in [1.165, 1.54) is 0 Å². The molecule has 1 aromatic carbocycles. The average molecular weight is 221 g/mol. The Bertz CT molecular complexity index is 367. The van der Waals surface area contributed by atoms with Gasteiger partial charge in [-0.3, -0.25) is 4.90 Å². The van der Waals surface area contributed by atoms with Crippen molar-refractivity contribution in [3.63, 3.8) is 0 Å². The quantitative estimate of drug-likeness (QED) is 0.660. The van der Waals surface area contributed by atoms with Gasteiger partial charge in [-0.2, -0.15) is 0 Å². The van der Waals surface area contributed by atoms with E-state index in [1.807, 2.05) is 18.2 Å². The van der Waals surface area contributed by atoms with Gasteiger partial charge in [-0.15, -0.1) is 0 Å². The van der Waals surface area contributed by atoms with E-state index >= 15 is 0 Å². The van der Waals surface area contributed by atoms with Crippen LogP contribution < -0.4 is 11.5 Å². The lowest BCUT2D eigenvalue weighted by atomic mass is 10.1. The summed E-state index contributed by atoms with van der Waals surface area (Å²) in [6.07, 6.45) is 2.21. The molecule has 0 spiro atoms. The van der Waals surface area contributed by atoms with Gasteiger partial charge in [0.1, 0.15) is 0 Å². The van der Waals surface area contributed by atoms with Crippen LogP contribution in [0.5, 0.6) is 0 Å². The van der Waals surface area contributed by atoms with E-state index < -0.39 is 0 Å². The molecule has 1 heterocycles. The largest absolute Gasteiger partial charge is 0.399 e. The molecule has 2 rings (SSSR count). The number of aliphatic hydroxyl groups is 1. The first-order valence-electron chi connectivity index (χ1n) is 5.69. The Kier molecular flexibility index (Phi) is 3.31. The fraction of sp³-hybridized carbons (Fsp3) is 0.500. The van der Waals surface area contributed by atoms with Crippen molar-refractivity contribution < 1.29 is 5.11 Å². The minimum Gasteiger partial charge on any atom is -0.399 e. The zero-order chi connectivity index (χ0) is 11.5. The summed E-state index contributed by atoms with van der Waals surface area (Å²) in [5.74, 6) is 0. The van der Waals surface area contributed by atoms with Gasteiger partial charge in [0.05, 0.1) is 6.61 Å². The van der Waals surface area contributed by atoms with Crippen molar-refractivity contribution in [1.82, 2.24) is 4.90 Å². The highest BCUT2D eigenvalue weighted by atomic mass is 16.3. The first-order valence-corrected chi connectivity index (χ1v) is 5.69. The molecule has 1 unspecified atom stereocenters. The van der Waals surface area contributed by atoms with E-state index in [0.29, 0.717) is 0 Å². The van der Waals surface area contributed by atoms with E-state index in [2.05, 4.69) is 4.90 Å². The first kappa shape index (κ1) is 11.2. The Morgan fingerprint density at radius 3 is 2.94 bits per heavy atom. The van der Waals surface area contributed by atoms with Crippen LogP contribution >= 0.6 is 0 Å². The van der Waals surface area contributed by atoms with Crippen molar-refractivity contribution in [1.29, 1.82) is 0 Å². The third kappa shape index (κ3) is 2.28. The summed E-state index contributed by atoms with van der Waals surface area (Å²) in [7, 11) is 0. The lowest BCUT2D eigenvalue weighted by Gasteiger charge is -2.23. The van der Waals surface area contributed by atoms with Crippen LogP contribution in [0.3, 0.4) is 0 Å². The highest BCUT2D eigenvalue weighted by Crippen LogP contribution is 2.23. The predicted octanol–water partition coefficient (Wildman–Crippen LogP) is 0.808. The Balaban J connectivity index is 2.11. The fourth-order valence-corrected chi connectivity index (χ4v) is 2.29. The second-order valence-corrected chi connectivity index (χ2v) is 4.41. The maximum atomic E-state index is 9.24. The van der Waals surface area contributed by atoms with Crippen molar-refractivity contribution in [3.8, 4) is 0 Å². The van der Waals surface area contributed by atoms with Crippen molar-refractivity contribution in [2.75, 3.05) is 24.6 Å². The van der Waals surface area contributed by atoms with Crippen molar-refractivity contribution >= 4 is 11.4 Å². The molecule has 1 saturated heterocycles. The normalized spacial score (nSPS) is 21.4. The lowest BCUT2D eigenvalue weighted by molar-refractivity contribution is 0.154. The minimum absolute atomic E-state index is 0.224. The number of nitrogens with two attached hydrogens (primary N) is 2. The Morgan fingerprint density at radius 1 is 1.38 bits per heavy atom. The summed E-state index contributed by atoms with van der Waals surface area (Å²) in [5.41, 5.74) is 14.2. The molecule has 5 N–H and O–H groups in total. The summed E-state index contributed by atoms with van der Waals surface area (Å²) >= 11 is 0. The van der Waals surface area contributed by atoms with Crippen molar-refractivity contribution in [2.24, 2.45) is 0 Å². The molecule has 88 valence electrons. The third-order valence-electron chi connectivity index (χ3n) is 3.25. The molecule has 1 atom stereocenters. The molecule has 0 bridgehead atoms. The van der Waals surface area contributed by atoms with Gasteiger partial charge >= 0.3 is 0 Å². The van der Waals surface area contributed by atoms with Crippen LogP contribution in [-0.4, -0.2) is 29.2 Å². The van der Waals surface area contributed by atoms with Crippen LogP contribution in [0.4, 0.5) is 11.4 Å². The maximum Gasteiger partial charge on any atom is 0.0587 e. The molecular formula is C12H19N3O. The summed E-state index contributed by atoms with van der Waals surface area (Å²) in [4.78, 5) is 2.27. The lowest BCUT2D eigenvalue weighted by Crippen LogP contribution is -2.31. The minimum atomic E-state index is 0.224. The number of anilines is 2. The molecule has 0 amide bonds. The van der Waals surface area contributed by atoms with Crippen LogP contribution in [0.2, 0.25) is 0 Å². The second kappa shape index (κ2) is 4.72.